The molecule has 1 amide bonds. The molecule has 2 aromatic heterocycles. The molecular weight excluding hydrogens is 334 g/mol. The zero-order chi connectivity index (χ0) is 17.4. The Morgan fingerprint density at radius 2 is 1.92 bits per heavy atom. The van der Waals surface area contributed by atoms with Crippen LogP contribution >= 0.6 is 11.3 Å². The fourth-order valence-corrected chi connectivity index (χ4v) is 3.74. The number of rotatable bonds is 3. The molecule has 0 fully saturated rings. The molecule has 2 heterocycles. The highest BCUT2D eigenvalue weighted by molar-refractivity contribution is 7.22. The number of fused-ring (bicyclic) bond motifs is 1. The quantitative estimate of drug-likeness (QED) is 0.576. The van der Waals surface area contributed by atoms with Crippen LogP contribution in [0.5, 0.6) is 0 Å². The Morgan fingerprint density at radius 1 is 1.12 bits per heavy atom. The summed E-state index contributed by atoms with van der Waals surface area (Å²) in [6, 6.07) is 15.3. The van der Waals surface area contributed by atoms with Gasteiger partial charge in [-0.15, -0.1) is 0 Å². The summed E-state index contributed by atoms with van der Waals surface area (Å²) >= 11 is 1.45. The molecule has 0 aliphatic heterocycles. The summed E-state index contributed by atoms with van der Waals surface area (Å²) in [5.41, 5.74) is 4.29. The number of thiazole rings is 1. The highest BCUT2D eigenvalue weighted by Crippen LogP contribution is 2.29. The molecule has 2 aromatic carbocycles. The maximum atomic E-state index is 12.4. The molecule has 6 heteroatoms. The first-order chi connectivity index (χ1) is 12.1. The number of carbonyl (C=O) groups excluding carboxylic acids is 1. The van der Waals surface area contributed by atoms with E-state index in [0.717, 1.165) is 21.3 Å². The number of benzene rings is 2. The monoisotopic (exact) mass is 349 g/mol. The Kier molecular flexibility index (Phi) is 3.82. The summed E-state index contributed by atoms with van der Waals surface area (Å²) in [6.07, 6.45) is 0. The third kappa shape index (κ3) is 3.04. The highest BCUT2D eigenvalue weighted by atomic mass is 32.1. The van der Waals surface area contributed by atoms with E-state index in [-0.39, 0.29) is 11.6 Å². The second-order valence-electron chi connectivity index (χ2n) is 5.84. The van der Waals surface area contributed by atoms with Gasteiger partial charge in [0.1, 0.15) is 0 Å². The first kappa shape index (κ1) is 15.5. The predicted octanol–water partition coefficient (Wildman–Crippen LogP) is 4.82. The van der Waals surface area contributed by atoms with Gasteiger partial charge in [-0.05, 0) is 31.0 Å². The van der Waals surface area contributed by atoms with Crippen LogP contribution < -0.4 is 5.32 Å². The maximum Gasteiger partial charge on any atom is 0.279 e. The molecule has 25 heavy (non-hydrogen) atoms. The number of anilines is 1. The number of amides is 1. The number of aryl methyl sites for hydroxylation is 2. The number of aromatic nitrogens is 2. The van der Waals surface area contributed by atoms with Crippen LogP contribution in [-0.2, 0) is 0 Å². The van der Waals surface area contributed by atoms with Gasteiger partial charge in [0.2, 0.25) is 0 Å². The zero-order valence-corrected chi connectivity index (χ0v) is 14.6. The van der Waals surface area contributed by atoms with Crippen molar-refractivity contribution < 1.29 is 9.32 Å². The van der Waals surface area contributed by atoms with Gasteiger partial charge in [0.15, 0.2) is 16.6 Å². The molecule has 0 aliphatic rings. The minimum absolute atomic E-state index is 0.228. The molecule has 0 saturated carbocycles. The summed E-state index contributed by atoms with van der Waals surface area (Å²) in [5.74, 6) is 0.223. The van der Waals surface area contributed by atoms with E-state index >= 15 is 0 Å². The Bertz CT molecular complexity index is 1070. The minimum Gasteiger partial charge on any atom is -0.355 e. The van der Waals surface area contributed by atoms with E-state index in [9.17, 15) is 4.79 Å². The van der Waals surface area contributed by atoms with Crippen LogP contribution in [0.25, 0.3) is 21.5 Å². The smallest absolute Gasteiger partial charge is 0.279 e. The van der Waals surface area contributed by atoms with Crippen molar-refractivity contribution in [3.05, 3.63) is 65.4 Å². The fourth-order valence-electron chi connectivity index (χ4n) is 2.71. The summed E-state index contributed by atoms with van der Waals surface area (Å²) in [6.45, 7) is 4.06. The summed E-state index contributed by atoms with van der Waals surface area (Å²) in [7, 11) is 0. The third-order valence-corrected chi connectivity index (χ3v) is 4.77. The summed E-state index contributed by atoms with van der Waals surface area (Å²) < 4.78 is 6.33. The molecule has 4 aromatic rings. The van der Waals surface area contributed by atoms with Crippen molar-refractivity contribution >= 4 is 32.6 Å². The van der Waals surface area contributed by atoms with E-state index in [1.807, 2.05) is 44.2 Å². The van der Waals surface area contributed by atoms with Gasteiger partial charge in [-0.2, -0.15) is 0 Å². The largest absolute Gasteiger partial charge is 0.355 e. The molecule has 1 N–H and O–H groups in total. The molecule has 0 saturated heterocycles. The third-order valence-electron chi connectivity index (χ3n) is 3.85. The van der Waals surface area contributed by atoms with E-state index in [1.54, 1.807) is 6.07 Å². The zero-order valence-electron chi connectivity index (χ0n) is 13.7. The van der Waals surface area contributed by atoms with Crippen molar-refractivity contribution in [1.82, 2.24) is 10.1 Å². The molecule has 0 spiro atoms. The van der Waals surface area contributed by atoms with Gasteiger partial charge < -0.3 is 4.52 Å². The van der Waals surface area contributed by atoms with Crippen molar-refractivity contribution in [2.24, 2.45) is 0 Å². The molecule has 0 atom stereocenters. The Hall–Kier alpha value is -2.99. The number of hydrogen-bond acceptors (Lipinski definition) is 5. The normalized spacial score (nSPS) is 11.0. The fraction of sp³-hybridized carbons (Fsp3) is 0.105. The second-order valence-corrected chi connectivity index (χ2v) is 6.87. The van der Waals surface area contributed by atoms with Crippen molar-refractivity contribution in [3.63, 3.8) is 0 Å². The number of carbonyl (C=O) groups is 1. The topological polar surface area (TPSA) is 68.0 Å². The number of nitrogens with one attached hydrogen (secondary N) is 1. The van der Waals surface area contributed by atoms with Crippen molar-refractivity contribution in [2.45, 2.75) is 13.8 Å². The number of nitrogens with zero attached hydrogens (tertiary/aromatic N) is 2. The van der Waals surface area contributed by atoms with E-state index < -0.39 is 0 Å². The molecule has 0 bridgehead atoms. The lowest BCUT2D eigenvalue weighted by Crippen LogP contribution is -2.11. The van der Waals surface area contributed by atoms with Gasteiger partial charge in [-0.25, -0.2) is 4.98 Å². The van der Waals surface area contributed by atoms with Gasteiger partial charge in [0, 0.05) is 11.6 Å². The molecular formula is C19H15N3O2S. The van der Waals surface area contributed by atoms with Crippen molar-refractivity contribution in [1.29, 1.82) is 0 Å². The average Bonchev–Trinajstić information content (AvgIpc) is 3.22. The van der Waals surface area contributed by atoms with Crippen LogP contribution in [0.4, 0.5) is 5.13 Å². The molecule has 5 nitrogen and oxygen atoms in total. The van der Waals surface area contributed by atoms with E-state index in [1.165, 1.54) is 16.9 Å². The predicted molar refractivity (Wildman–Crippen MR) is 99.0 cm³/mol. The van der Waals surface area contributed by atoms with E-state index in [0.29, 0.717) is 10.9 Å². The first-order valence-electron chi connectivity index (χ1n) is 7.81. The van der Waals surface area contributed by atoms with Crippen LogP contribution in [0.15, 0.2) is 53.1 Å². The lowest BCUT2D eigenvalue weighted by molar-refractivity contribution is 0.101. The van der Waals surface area contributed by atoms with Gasteiger partial charge in [-0.3, -0.25) is 10.1 Å². The molecule has 4 rings (SSSR count). The Morgan fingerprint density at radius 3 is 2.72 bits per heavy atom. The summed E-state index contributed by atoms with van der Waals surface area (Å²) in [5, 5.41) is 7.22. The maximum absolute atomic E-state index is 12.4. The van der Waals surface area contributed by atoms with Crippen LogP contribution in [0.1, 0.15) is 21.6 Å². The molecule has 0 radical (unpaired) electrons. The van der Waals surface area contributed by atoms with Gasteiger partial charge in [0.25, 0.3) is 5.91 Å². The first-order valence-corrected chi connectivity index (χ1v) is 8.63. The van der Waals surface area contributed by atoms with Crippen LogP contribution in [0, 0.1) is 13.8 Å². The minimum atomic E-state index is -0.334. The molecule has 124 valence electrons. The van der Waals surface area contributed by atoms with Gasteiger partial charge >= 0.3 is 0 Å². The molecule has 0 aliphatic carbocycles. The highest BCUT2D eigenvalue weighted by Gasteiger charge is 2.16. The van der Waals surface area contributed by atoms with Crippen LogP contribution in [-0.4, -0.2) is 16.0 Å². The van der Waals surface area contributed by atoms with Crippen LogP contribution in [0.2, 0.25) is 0 Å². The van der Waals surface area contributed by atoms with Gasteiger partial charge in [0.05, 0.1) is 10.2 Å². The molecule has 0 unspecified atom stereocenters. The Balaban J connectivity index is 1.58. The van der Waals surface area contributed by atoms with Gasteiger partial charge in [-0.1, -0.05) is 52.9 Å². The number of hydrogen-bond donors (Lipinski definition) is 1. The van der Waals surface area contributed by atoms with Crippen molar-refractivity contribution in [3.8, 4) is 11.3 Å². The average molecular weight is 349 g/mol. The van der Waals surface area contributed by atoms with E-state index in [2.05, 4.69) is 27.6 Å². The summed E-state index contributed by atoms with van der Waals surface area (Å²) in [4.78, 5) is 16.9. The SMILES string of the molecule is Cc1cc(C)c2nc(NC(=O)c3cc(-c4ccccc4)on3)sc2c1. The lowest BCUT2D eigenvalue weighted by Gasteiger charge is -1.96. The van der Waals surface area contributed by atoms with Crippen molar-refractivity contribution in [2.75, 3.05) is 5.32 Å². The Labute approximate surface area is 148 Å². The second kappa shape index (κ2) is 6.14. The standard InChI is InChI=1S/C19H15N3O2S/c1-11-8-12(2)17-16(9-11)25-19(20-17)21-18(23)14-10-15(24-22-14)13-6-4-3-5-7-13/h3-10H,1-2H3,(H,20,21,23). The lowest BCUT2D eigenvalue weighted by atomic mass is 10.1. The van der Waals surface area contributed by atoms with E-state index in [4.69, 9.17) is 4.52 Å². The van der Waals surface area contributed by atoms with Crippen LogP contribution in [0.3, 0.4) is 0 Å².